The lowest BCUT2D eigenvalue weighted by atomic mass is 10.1. The maximum atomic E-state index is 11.9. The fraction of sp³-hybridized carbons (Fsp3) is 0.545. The molecule has 0 atom stereocenters. The molecular weight excluding hydrogens is 260 g/mol. The van der Waals surface area contributed by atoms with Crippen molar-refractivity contribution in [1.82, 2.24) is 0 Å². The highest BCUT2D eigenvalue weighted by Crippen LogP contribution is 2.20. The van der Waals surface area contributed by atoms with Crippen LogP contribution in [0, 0.1) is 0 Å². The molecule has 1 rings (SSSR count). The van der Waals surface area contributed by atoms with E-state index in [0.717, 1.165) is 12.1 Å². The van der Waals surface area contributed by atoms with Crippen LogP contribution in [0.3, 0.4) is 0 Å². The van der Waals surface area contributed by atoms with Gasteiger partial charge in [0, 0.05) is 7.11 Å². The Morgan fingerprint density at radius 3 is 2.50 bits per heavy atom. The lowest BCUT2D eigenvalue weighted by Gasteiger charge is -2.22. The zero-order valence-corrected chi connectivity index (χ0v) is 11.3. The predicted molar refractivity (Wildman–Crippen MR) is 63.4 cm³/mol. The molecule has 0 fully saturated rings. The Balaban J connectivity index is 2.83. The second kappa shape index (κ2) is 5.11. The first-order chi connectivity index (χ1) is 8.18. The van der Waals surface area contributed by atoms with E-state index in [2.05, 4.69) is 0 Å². The first-order valence-electron chi connectivity index (χ1n) is 5.29. The van der Waals surface area contributed by atoms with Crippen LogP contribution in [0.4, 0.5) is 0 Å². The molecule has 0 radical (unpaired) electrons. The van der Waals surface area contributed by atoms with Gasteiger partial charge in [0.05, 0.1) is 11.4 Å². The van der Waals surface area contributed by atoms with Crippen LogP contribution in [-0.2, 0) is 14.6 Å². The molecule has 0 saturated heterocycles. The Bertz CT molecular complexity index is 525. The summed E-state index contributed by atoms with van der Waals surface area (Å²) in [5.41, 5.74) is -0.560. The van der Waals surface area contributed by atoms with E-state index in [9.17, 15) is 13.2 Å². The Morgan fingerprint density at radius 2 is 2.06 bits per heavy atom. The molecule has 0 aliphatic carbocycles. The molecule has 1 aromatic heterocycles. The summed E-state index contributed by atoms with van der Waals surface area (Å²) >= 11 is 0. The molecule has 0 unspecified atom stereocenters. The van der Waals surface area contributed by atoms with E-state index in [1.165, 1.54) is 7.11 Å². The Morgan fingerprint density at radius 1 is 1.44 bits per heavy atom. The van der Waals surface area contributed by atoms with Gasteiger partial charge in [-0.05, 0) is 32.4 Å². The van der Waals surface area contributed by atoms with Crippen LogP contribution in [-0.4, -0.2) is 38.0 Å². The number of sulfone groups is 1. The molecule has 0 aliphatic heterocycles. The van der Waals surface area contributed by atoms with Gasteiger partial charge in [0.2, 0.25) is 20.7 Å². The summed E-state index contributed by atoms with van der Waals surface area (Å²) in [4.78, 5) is 10.6. The third-order valence-corrected chi connectivity index (χ3v) is 4.20. The Labute approximate surface area is 105 Å². The van der Waals surface area contributed by atoms with Crippen LogP contribution >= 0.6 is 0 Å². The molecule has 1 N–H and O–H groups in total. The second-order valence-electron chi connectivity index (χ2n) is 4.46. The smallest absolute Gasteiger partial charge is 0.371 e. The molecule has 18 heavy (non-hydrogen) atoms. The van der Waals surface area contributed by atoms with E-state index < -0.39 is 21.4 Å². The normalized spacial score (nSPS) is 12.6. The summed E-state index contributed by atoms with van der Waals surface area (Å²) in [6.07, 6.45) is 0.287. The highest BCUT2D eigenvalue weighted by atomic mass is 32.2. The molecule has 1 aromatic rings. The minimum atomic E-state index is -3.63. The van der Waals surface area contributed by atoms with Crippen molar-refractivity contribution in [3.05, 3.63) is 17.9 Å². The average Bonchev–Trinajstić information content (AvgIpc) is 2.77. The van der Waals surface area contributed by atoms with Crippen LogP contribution in [0.2, 0.25) is 0 Å². The number of carboxylic acid groups (broad SMARTS) is 1. The van der Waals surface area contributed by atoms with Gasteiger partial charge in [0.15, 0.2) is 0 Å². The SMILES string of the molecule is COC(C)(C)CCS(=O)(=O)c1ccc(C(=O)O)o1. The number of hydrogen-bond donors (Lipinski definition) is 1. The standard InChI is InChI=1S/C11H16O6S/c1-11(2,16-3)6-7-18(14,15)9-5-4-8(17-9)10(12)13/h4-5H,6-7H2,1-3H3,(H,12,13). The van der Waals surface area contributed by atoms with E-state index in [-0.39, 0.29) is 23.0 Å². The van der Waals surface area contributed by atoms with Crippen molar-refractivity contribution < 1.29 is 27.5 Å². The fourth-order valence-corrected chi connectivity index (χ4v) is 2.64. The molecule has 0 aromatic carbocycles. The van der Waals surface area contributed by atoms with Crippen molar-refractivity contribution >= 4 is 15.8 Å². The number of hydrogen-bond acceptors (Lipinski definition) is 5. The van der Waals surface area contributed by atoms with Gasteiger partial charge in [0.1, 0.15) is 0 Å². The van der Waals surface area contributed by atoms with Gasteiger partial charge in [-0.25, -0.2) is 13.2 Å². The van der Waals surface area contributed by atoms with E-state index >= 15 is 0 Å². The van der Waals surface area contributed by atoms with E-state index in [0.29, 0.717) is 0 Å². The molecule has 7 heteroatoms. The Kier molecular flexibility index (Phi) is 4.18. The quantitative estimate of drug-likeness (QED) is 0.847. The van der Waals surface area contributed by atoms with Gasteiger partial charge in [-0.2, -0.15) is 0 Å². The maximum absolute atomic E-state index is 11.9. The van der Waals surface area contributed by atoms with Crippen LogP contribution in [0.1, 0.15) is 30.8 Å². The number of rotatable bonds is 6. The summed E-state index contributed by atoms with van der Waals surface area (Å²) < 4.78 is 33.7. The van der Waals surface area contributed by atoms with Gasteiger partial charge in [0.25, 0.3) is 0 Å². The summed E-state index contributed by atoms with van der Waals surface area (Å²) in [5.74, 6) is -1.85. The van der Waals surface area contributed by atoms with Crippen molar-refractivity contribution in [2.24, 2.45) is 0 Å². The van der Waals surface area contributed by atoms with Crippen molar-refractivity contribution in [2.75, 3.05) is 12.9 Å². The molecule has 0 bridgehead atoms. The zero-order valence-electron chi connectivity index (χ0n) is 10.5. The second-order valence-corrected chi connectivity index (χ2v) is 6.50. The van der Waals surface area contributed by atoms with Crippen LogP contribution in [0.5, 0.6) is 0 Å². The van der Waals surface area contributed by atoms with Crippen molar-refractivity contribution in [2.45, 2.75) is 31.0 Å². The molecule has 0 aliphatic rings. The number of methoxy groups -OCH3 is 1. The molecule has 102 valence electrons. The highest BCUT2D eigenvalue weighted by Gasteiger charge is 2.25. The van der Waals surface area contributed by atoms with E-state index in [1.807, 2.05) is 0 Å². The largest absolute Gasteiger partial charge is 0.475 e. The summed E-state index contributed by atoms with van der Waals surface area (Å²) in [6.45, 7) is 3.54. The molecular formula is C11H16O6S. The van der Waals surface area contributed by atoms with Crippen LogP contribution in [0.15, 0.2) is 21.6 Å². The van der Waals surface area contributed by atoms with Crippen LogP contribution < -0.4 is 0 Å². The zero-order chi connectivity index (χ0) is 14.0. The monoisotopic (exact) mass is 276 g/mol. The lowest BCUT2D eigenvalue weighted by Crippen LogP contribution is -2.26. The van der Waals surface area contributed by atoms with Gasteiger partial charge < -0.3 is 14.3 Å². The first-order valence-corrected chi connectivity index (χ1v) is 6.94. The van der Waals surface area contributed by atoms with E-state index in [4.69, 9.17) is 14.3 Å². The Hall–Kier alpha value is -1.34. The summed E-state index contributed by atoms with van der Waals surface area (Å²) in [5, 5.41) is 8.33. The predicted octanol–water partition coefficient (Wildman–Crippen LogP) is 1.57. The number of carbonyl (C=O) groups is 1. The number of aromatic carboxylic acids is 1. The number of ether oxygens (including phenoxy) is 1. The number of furan rings is 1. The van der Waals surface area contributed by atoms with Crippen molar-refractivity contribution in [3.8, 4) is 0 Å². The van der Waals surface area contributed by atoms with Gasteiger partial charge in [-0.15, -0.1) is 0 Å². The van der Waals surface area contributed by atoms with Crippen molar-refractivity contribution in [3.63, 3.8) is 0 Å². The van der Waals surface area contributed by atoms with Crippen LogP contribution in [0.25, 0.3) is 0 Å². The minimum absolute atomic E-state index is 0.166. The average molecular weight is 276 g/mol. The lowest BCUT2D eigenvalue weighted by molar-refractivity contribution is 0.0202. The molecule has 6 nitrogen and oxygen atoms in total. The topological polar surface area (TPSA) is 93.8 Å². The third-order valence-electron chi connectivity index (χ3n) is 2.62. The maximum Gasteiger partial charge on any atom is 0.371 e. The van der Waals surface area contributed by atoms with Gasteiger partial charge in [-0.1, -0.05) is 0 Å². The minimum Gasteiger partial charge on any atom is -0.475 e. The summed E-state index contributed by atoms with van der Waals surface area (Å²) in [7, 11) is -2.12. The number of carboxylic acids is 1. The molecule has 0 saturated carbocycles. The fourth-order valence-electron chi connectivity index (χ4n) is 1.19. The van der Waals surface area contributed by atoms with E-state index in [1.54, 1.807) is 13.8 Å². The third kappa shape index (κ3) is 3.58. The van der Waals surface area contributed by atoms with Gasteiger partial charge >= 0.3 is 5.97 Å². The van der Waals surface area contributed by atoms with Gasteiger partial charge in [-0.3, -0.25) is 0 Å². The molecule has 0 amide bonds. The summed E-state index contributed by atoms with van der Waals surface area (Å²) in [6, 6.07) is 2.27. The first kappa shape index (κ1) is 14.7. The van der Waals surface area contributed by atoms with Crippen molar-refractivity contribution in [1.29, 1.82) is 0 Å². The molecule has 1 heterocycles. The highest BCUT2D eigenvalue weighted by molar-refractivity contribution is 7.91. The molecule has 0 spiro atoms.